The Labute approximate surface area is 149 Å². The van der Waals surface area contributed by atoms with Gasteiger partial charge in [0.05, 0.1) is 5.69 Å². The van der Waals surface area contributed by atoms with Gasteiger partial charge in [-0.1, -0.05) is 11.6 Å². The highest BCUT2D eigenvalue weighted by Gasteiger charge is 2.17. The Balaban J connectivity index is 1.62. The SMILES string of the molecule is Cc1cc(O[C@H](C)C(=O)Oc2ccc(-n3cnnn3)cc2)ccc1Cl. The van der Waals surface area contributed by atoms with Crippen LogP contribution in [-0.4, -0.2) is 32.3 Å². The second-order valence-corrected chi connectivity index (χ2v) is 5.75. The zero-order valence-electron chi connectivity index (χ0n) is 13.6. The first-order valence-electron chi connectivity index (χ1n) is 7.51. The summed E-state index contributed by atoms with van der Waals surface area (Å²) in [6, 6.07) is 12.0. The second kappa shape index (κ2) is 7.31. The van der Waals surface area contributed by atoms with Crippen LogP contribution in [0.5, 0.6) is 11.5 Å². The van der Waals surface area contributed by atoms with Crippen molar-refractivity contribution in [2.24, 2.45) is 0 Å². The predicted molar refractivity (Wildman–Crippen MR) is 91.1 cm³/mol. The van der Waals surface area contributed by atoms with Crippen molar-refractivity contribution in [3.63, 3.8) is 0 Å². The molecule has 1 aromatic heterocycles. The fourth-order valence-electron chi connectivity index (χ4n) is 2.09. The van der Waals surface area contributed by atoms with Gasteiger partial charge in [0, 0.05) is 5.02 Å². The van der Waals surface area contributed by atoms with E-state index in [1.807, 2.05) is 6.92 Å². The Morgan fingerprint density at radius 3 is 2.52 bits per heavy atom. The van der Waals surface area contributed by atoms with E-state index < -0.39 is 12.1 Å². The van der Waals surface area contributed by atoms with Gasteiger partial charge in [-0.2, -0.15) is 0 Å². The number of halogens is 1. The summed E-state index contributed by atoms with van der Waals surface area (Å²) in [5.41, 5.74) is 1.63. The Kier molecular flexibility index (Phi) is 4.95. The van der Waals surface area contributed by atoms with Gasteiger partial charge in [-0.05, 0) is 72.3 Å². The molecule has 128 valence electrons. The van der Waals surface area contributed by atoms with Crippen molar-refractivity contribution in [2.75, 3.05) is 0 Å². The summed E-state index contributed by atoms with van der Waals surface area (Å²) < 4.78 is 12.4. The van der Waals surface area contributed by atoms with Crippen molar-refractivity contribution in [3.8, 4) is 17.2 Å². The van der Waals surface area contributed by atoms with Crippen molar-refractivity contribution in [1.82, 2.24) is 20.2 Å². The minimum absolute atomic E-state index is 0.407. The third-order valence-electron chi connectivity index (χ3n) is 3.44. The van der Waals surface area contributed by atoms with Crippen molar-refractivity contribution in [1.29, 1.82) is 0 Å². The number of hydrogen-bond donors (Lipinski definition) is 0. The highest BCUT2D eigenvalue weighted by Crippen LogP contribution is 2.22. The van der Waals surface area contributed by atoms with E-state index in [1.165, 1.54) is 11.0 Å². The Hall–Kier alpha value is -2.93. The molecular weight excluding hydrogens is 344 g/mol. The van der Waals surface area contributed by atoms with Gasteiger partial charge in [0.2, 0.25) is 0 Å². The summed E-state index contributed by atoms with van der Waals surface area (Å²) in [4.78, 5) is 12.2. The van der Waals surface area contributed by atoms with Crippen LogP contribution < -0.4 is 9.47 Å². The molecule has 0 aliphatic carbocycles. The smallest absolute Gasteiger partial charge is 0.352 e. The number of hydrogen-bond acceptors (Lipinski definition) is 6. The van der Waals surface area contributed by atoms with E-state index in [0.717, 1.165) is 11.3 Å². The summed E-state index contributed by atoms with van der Waals surface area (Å²) in [5, 5.41) is 11.6. The van der Waals surface area contributed by atoms with Crippen LogP contribution in [0.3, 0.4) is 0 Å². The van der Waals surface area contributed by atoms with E-state index in [9.17, 15) is 4.79 Å². The standard InChI is InChI=1S/C17H15ClN4O3/c1-11-9-15(7-8-16(11)18)24-12(2)17(23)25-14-5-3-13(4-6-14)22-10-19-20-21-22/h3-10,12H,1-2H3/t12-/m1/s1. The van der Waals surface area contributed by atoms with Gasteiger partial charge in [0.1, 0.15) is 17.8 Å². The van der Waals surface area contributed by atoms with Gasteiger partial charge in [0.25, 0.3) is 0 Å². The Morgan fingerprint density at radius 2 is 1.88 bits per heavy atom. The number of ether oxygens (including phenoxy) is 2. The summed E-state index contributed by atoms with van der Waals surface area (Å²) in [6.07, 6.45) is 0.713. The molecule has 0 N–H and O–H groups in total. The summed E-state index contributed by atoms with van der Waals surface area (Å²) >= 11 is 5.98. The number of aryl methyl sites for hydroxylation is 1. The molecule has 0 aliphatic rings. The number of aromatic nitrogens is 4. The molecule has 3 aromatic rings. The average Bonchev–Trinajstić information content (AvgIpc) is 3.13. The highest BCUT2D eigenvalue weighted by atomic mass is 35.5. The van der Waals surface area contributed by atoms with E-state index in [-0.39, 0.29) is 0 Å². The summed E-state index contributed by atoms with van der Waals surface area (Å²) in [5.74, 6) is 0.465. The maximum Gasteiger partial charge on any atom is 0.352 e. The third-order valence-corrected chi connectivity index (χ3v) is 3.87. The van der Waals surface area contributed by atoms with E-state index in [2.05, 4.69) is 15.5 Å². The molecule has 3 rings (SSSR count). The van der Waals surface area contributed by atoms with Gasteiger partial charge in [-0.25, -0.2) is 9.48 Å². The van der Waals surface area contributed by atoms with Crippen LogP contribution in [0.25, 0.3) is 5.69 Å². The summed E-state index contributed by atoms with van der Waals surface area (Å²) in [7, 11) is 0. The van der Waals surface area contributed by atoms with Crippen LogP contribution in [0, 0.1) is 6.92 Å². The maximum absolute atomic E-state index is 12.2. The molecule has 0 saturated heterocycles. The average molecular weight is 359 g/mol. The monoisotopic (exact) mass is 358 g/mol. The van der Waals surface area contributed by atoms with Gasteiger partial charge >= 0.3 is 5.97 Å². The number of carbonyl (C=O) groups excluding carboxylic acids is 1. The molecule has 0 saturated carbocycles. The van der Waals surface area contributed by atoms with Gasteiger partial charge in [-0.3, -0.25) is 0 Å². The molecule has 0 unspecified atom stereocenters. The van der Waals surface area contributed by atoms with E-state index in [1.54, 1.807) is 49.4 Å². The maximum atomic E-state index is 12.2. The normalized spacial score (nSPS) is 11.8. The Bertz CT molecular complexity index is 866. The van der Waals surface area contributed by atoms with Crippen molar-refractivity contribution >= 4 is 17.6 Å². The molecule has 7 nitrogen and oxygen atoms in total. The van der Waals surface area contributed by atoms with E-state index in [0.29, 0.717) is 16.5 Å². The van der Waals surface area contributed by atoms with Crippen LogP contribution in [0.4, 0.5) is 0 Å². The molecule has 2 aromatic carbocycles. The molecule has 8 heteroatoms. The Morgan fingerprint density at radius 1 is 1.16 bits per heavy atom. The largest absolute Gasteiger partial charge is 0.479 e. The molecule has 0 fully saturated rings. The van der Waals surface area contributed by atoms with Crippen LogP contribution >= 0.6 is 11.6 Å². The van der Waals surface area contributed by atoms with Crippen molar-refractivity contribution < 1.29 is 14.3 Å². The molecule has 25 heavy (non-hydrogen) atoms. The molecule has 1 atom stereocenters. The lowest BCUT2D eigenvalue weighted by Gasteiger charge is -2.14. The minimum Gasteiger partial charge on any atom is -0.479 e. The first-order valence-corrected chi connectivity index (χ1v) is 7.88. The lowest BCUT2D eigenvalue weighted by atomic mass is 10.2. The van der Waals surface area contributed by atoms with Crippen molar-refractivity contribution in [3.05, 3.63) is 59.4 Å². The molecule has 0 aliphatic heterocycles. The number of esters is 1. The number of carbonyl (C=O) groups is 1. The van der Waals surface area contributed by atoms with Crippen LogP contribution in [0.15, 0.2) is 48.8 Å². The fourth-order valence-corrected chi connectivity index (χ4v) is 2.21. The number of tetrazole rings is 1. The second-order valence-electron chi connectivity index (χ2n) is 5.34. The number of benzene rings is 2. The van der Waals surface area contributed by atoms with Gasteiger partial charge in [-0.15, -0.1) is 5.10 Å². The lowest BCUT2D eigenvalue weighted by molar-refractivity contribution is -0.141. The quantitative estimate of drug-likeness (QED) is 0.515. The molecule has 0 spiro atoms. The van der Waals surface area contributed by atoms with E-state index in [4.69, 9.17) is 21.1 Å². The lowest BCUT2D eigenvalue weighted by Crippen LogP contribution is -2.28. The first kappa shape index (κ1) is 16.9. The third kappa shape index (κ3) is 4.13. The molecule has 0 radical (unpaired) electrons. The minimum atomic E-state index is -0.764. The van der Waals surface area contributed by atoms with Gasteiger partial charge < -0.3 is 9.47 Å². The summed E-state index contributed by atoms with van der Waals surface area (Å²) in [6.45, 7) is 3.49. The zero-order chi connectivity index (χ0) is 17.8. The topological polar surface area (TPSA) is 79.1 Å². The molecular formula is C17H15ClN4O3. The number of nitrogens with zero attached hydrogens (tertiary/aromatic N) is 4. The molecule has 0 bridgehead atoms. The highest BCUT2D eigenvalue weighted by molar-refractivity contribution is 6.31. The molecule has 1 heterocycles. The van der Waals surface area contributed by atoms with Crippen LogP contribution in [0.2, 0.25) is 5.02 Å². The predicted octanol–water partition coefficient (Wildman–Crippen LogP) is 3.00. The van der Waals surface area contributed by atoms with Crippen molar-refractivity contribution in [2.45, 2.75) is 20.0 Å². The van der Waals surface area contributed by atoms with Crippen LogP contribution in [-0.2, 0) is 4.79 Å². The van der Waals surface area contributed by atoms with Crippen LogP contribution in [0.1, 0.15) is 12.5 Å². The molecule has 0 amide bonds. The number of rotatable bonds is 5. The van der Waals surface area contributed by atoms with E-state index >= 15 is 0 Å². The zero-order valence-corrected chi connectivity index (χ0v) is 14.3. The van der Waals surface area contributed by atoms with Gasteiger partial charge in [0.15, 0.2) is 6.10 Å². The fraction of sp³-hybridized carbons (Fsp3) is 0.176. The first-order chi connectivity index (χ1) is 12.0.